The summed E-state index contributed by atoms with van der Waals surface area (Å²) in [5, 5.41) is 0. The van der Waals surface area contributed by atoms with Crippen LogP contribution in [0.4, 0.5) is 0 Å². The zero-order valence-electron chi connectivity index (χ0n) is 8.62. The summed E-state index contributed by atoms with van der Waals surface area (Å²) in [4.78, 5) is 4.17. The molecule has 0 aliphatic heterocycles. The highest BCUT2D eigenvalue weighted by atomic mass is 35.5. The Kier molecular flexibility index (Phi) is 3.12. The highest BCUT2D eigenvalue weighted by Gasteiger charge is 2.20. The van der Waals surface area contributed by atoms with Crippen LogP contribution in [0.3, 0.4) is 0 Å². The molecular weight excluding hydrogens is 196 g/mol. The summed E-state index contributed by atoms with van der Waals surface area (Å²) in [6, 6.07) is 0.641. The third-order valence-corrected chi connectivity index (χ3v) is 3.54. The SMILES string of the molecule is CC1CCC(n2cncc2CCl)CC1. The lowest BCUT2D eigenvalue weighted by atomic mass is 9.87. The highest BCUT2D eigenvalue weighted by molar-refractivity contribution is 6.16. The van der Waals surface area contributed by atoms with E-state index in [1.165, 1.54) is 25.7 Å². The minimum Gasteiger partial charge on any atom is -0.330 e. The third kappa shape index (κ3) is 1.95. The smallest absolute Gasteiger partial charge is 0.0951 e. The normalized spacial score (nSPS) is 27.9. The van der Waals surface area contributed by atoms with Crippen LogP contribution in [0.15, 0.2) is 12.5 Å². The van der Waals surface area contributed by atoms with Gasteiger partial charge in [-0.05, 0) is 31.6 Å². The van der Waals surface area contributed by atoms with Gasteiger partial charge in [0.25, 0.3) is 0 Å². The van der Waals surface area contributed by atoms with Gasteiger partial charge in [0.2, 0.25) is 0 Å². The van der Waals surface area contributed by atoms with Gasteiger partial charge in [0, 0.05) is 12.2 Å². The van der Waals surface area contributed by atoms with Gasteiger partial charge < -0.3 is 4.57 Å². The second-order valence-corrected chi connectivity index (χ2v) is 4.61. The first-order chi connectivity index (χ1) is 6.81. The molecule has 78 valence electrons. The average molecular weight is 213 g/mol. The van der Waals surface area contributed by atoms with Crippen molar-refractivity contribution in [2.75, 3.05) is 0 Å². The molecule has 0 spiro atoms. The number of rotatable bonds is 2. The summed E-state index contributed by atoms with van der Waals surface area (Å²) in [7, 11) is 0. The summed E-state index contributed by atoms with van der Waals surface area (Å²) < 4.78 is 2.26. The van der Waals surface area contributed by atoms with Crippen molar-refractivity contribution in [1.29, 1.82) is 0 Å². The third-order valence-electron chi connectivity index (χ3n) is 3.26. The monoisotopic (exact) mass is 212 g/mol. The number of aromatic nitrogens is 2. The minimum atomic E-state index is 0.575. The van der Waals surface area contributed by atoms with Gasteiger partial charge in [-0.2, -0.15) is 0 Å². The van der Waals surface area contributed by atoms with E-state index in [0.717, 1.165) is 11.6 Å². The van der Waals surface area contributed by atoms with Crippen molar-refractivity contribution < 1.29 is 0 Å². The van der Waals surface area contributed by atoms with Crippen LogP contribution in [0.1, 0.15) is 44.3 Å². The molecule has 3 heteroatoms. The maximum Gasteiger partial charge on any atom is 0.0951 e. The second kappa shape index (κ2) is 4.35. The molecule has 1 fully saturated rings. The van der Waals surface area contributed by atoms with Gasteiger partial charge in [-0.1, -0.05) is 6.92 Å². The molecule has 1 saturated carbocycles. The molecular formula is C11H17ClN2. The Morgan fingerprint density at radius 1 is 1.43 bits per heavy atom. The molecule has 0 bridgehead atoms. The average Bonchev–Trinajstić information content (AvgIpc) is 2.67. The molecule has 2 rings (SSSR count). The Morgan fingerprint density at radius 3 is 2.79 bits per heavy atom. The van der Waals surface area contributed by atoms with Crippen molar-refractivity contribution in [3.63, 3.8) is 0 Å². The number of hydrogen-bond acceptors (Lipinski definition) is 1. The van der Waals surface area contributed by atoms with Crippen LogP contribution in [0.25, 0.3) is 0 Å². The molecule has 0 unspecified atom stereocenters. The van der Waals surface area contributed by atoms with E-state index in [2.05, 4.69) is 16.5 Å². The summed E-state index contributed by atoms with van der Waals surface area (Å²) in [6.45, 7) is 2.34. The van der Waals surface area contributed by atoms with Gasteiger partial charge >= 0.3 is 0 Å². The first-order valence-corrected chi connectivity index (χ1v) is 5.91. The number of nitrogens with zero attached hydrogens (tertiary/aromatic N) is 2. The molecule has 0 atom stereocenters. The van der Waals surface area contributed by atoms with E-state index in [4.69, 9.17) is 11.6 Å². The number of halogens is 1. The summed E-state index contributed by atoms with van der Waals surface area (Å²) >= 11 is 5.86. The molecule has 0 aromatic carbocycles. The maximum absolute atomic E-state index is 5.86. The van der Waals surface area contributed by atoms with Gasteiger partial charge in [-0.15, -0.1) is 11.6 Å². The summed E-state index contributed by atoms with van der Waals surface area (Å²) in [5.41, 5.74) is 1.16. The number of alkyl halides is 1. The molecule has 1 aromatic heterocycles. The fourth-order valence-corrected chi connectivity index (χ4v) is 2.49. The van der Waals surface area contributed by atoms with Crippen LogP contribution < -0.4 is 0 Å². The first-order valence-electron chi connectivity index (χ1n) is 5.38. The van der Waals surface area contributed by atoms with E-state index in [-0.39, 0.29) is 0 Å². The molecule has 1 heterocycles. The molecule has 0 N–H and O–H groups in total. The lowest BCUT2D eigenvalue weighted by Gasteiger charge is -2.28. The minimum absolute atomic E-state index is 0.575. The molecule has 0 amide bonds. The molecule has 14 heavy (non-hydrogen) atoms. The van der Waals surface area contributed by atoms with Crippen LogP contribution in [-0.4, -0.2) is 9.55 Å². The van der Waals surface area contributed by atoms with Crippen molar-refractivity contribution in [1.82, 2.24) is 9.55 Å². The topological polar surface area (TPSA) is 17.8 Å². The fourth-order valence-electron chi connectivity index (χ4n) is 2.28. The van der Waals surface area contributed by atoms with Gasteiger partial charge in [-0.25, -0.2) is 4.98 Å². The molecule has 0 radical (unpaired) electrons. The van der Waals surface area contributed by atoms with Crippen LogP contribution in [-0.2, 0) is 5.88 Å². The predicted molar refractivity (Wildman–Crippen MR) is 58.5 cm³/mol. The molecule has 1 aliphatic carbocycles. The van der Waals surface area contributed by atoms with Crippen LogP contribution in [0.2, 0.25) is 0 Å². The Morgan fingerprint density at radius 2 is 2.14 bits per heavy atom. The van der Waals surface area contributed by atoms with Gasteiger partial charge in [-0.3, -0.25) is 0 Å². The lowest BCUT2D eigenvalue weighted by Crippen LogP contribution is -2.17. The van der Waals surface area contributed by atoms with E-state index >= 15 is 0 Å². The van der Waals surface area contributed by atoms with Crippen LogP contribution >= 0.6 is 11.6 Å². The molecule has 1 aromatic rings. The lowest BCUT2D eigenvalue weighted by molar-refractivity contribution is 0.286. The van der Waals surface area contributed by atoms with E-state index in [9.17, 15) is 0 Å². The number of hydrogen-bond donors (Lipinski definition) is 0. The molecule has 2 nitrogen and oxygen atoms in total. The largest absolute Gasteiger partial charge is 0.330 e. The van der Waals surface area contributed by atoms with Crippen molar-refractivity contribution in [3.8, 4) is 0 Å². The van der Waals surface area contributed by atoms with E-state index < -0.39 is 0 Å². The standard InChI is InChI=1S/C11H17ClN2/c1-9-2-4-10(5-3-9)14-8-13-7-11(14)6-12/h7-10H,2-6H2,1H3. The summed E-state index contributed by atoms with van der Waals surface area (Å²) in [6.07, 6.45) is 9.04. The van der Waals surface area contributed by atoms with Gasteiger partial charge in [0.05, 0.1) is 17.9 Å². The maximum atomic E-state index is 5.86. The van der Waals surface area contributed by atoms with Crippen molar-refractivity contribution >= 4 is 11.6 Å². The van der Waals surface area contributed by atoms with Crippen molar-refractivity contribution in [2.24, 2.45) is 5.92 Å². The van der Waals surface area contributed by atoms with Crippen LogP contribution in [0.5, 0.6) is 0 Å². The van der Waals surface area contributed by atoms with E-state index in [1.54, 1.807) is 0 Å². The van der Waals surface area contributed by atoms with Gasteiger partial charge in [0.15, 0.2) is 0 Å². The molecule has 1 aliphatic rings. The zero-order chi connectivity index (χ0) is 9.97. The molecule has 0 saturated heterocycles. The summed E-state index contributed by atoms with van der Waals surface area (Å²) in [5.74, 6) is 1.47. The van der Waals surface area contributed by atoms with E-state index in [0.29, 0.717) is 11.9 Å². The Balaban J connectivity index is 2.08. The Bertz CT molecular complexity index is 287. The zero-order valence-corrected chi connectivity index (χ0v) is 9.37. The van der Waals surface area contributed by atoms with Crippen LogP contribution in [0, 0.1) is 5.92 Å². The number of imidazole rings is 1. The van der Waals surface area contributed by atoms with E-state index in [1.807, 2.05) is 12.5 Å². The Labute approximate surface area is 90.3 Å². The highest BCUT2D eigenvalue weighted by Crippen LogP contribution is 2.32. The fraction of sp³-hybridized carbons (Fsp3) is 0.727. The van der Waals surface area contributed by atoms with Gasteiger partial charge in [0.1, 0.15) is 0 Å². The quantitative estimate of drug-likeness (QED) is 0.688. The predicted octanol–water partition coefficient (Wildman–Crippen LogP) is 3.37. The second-order valence-electron chi connectivity index (χ2n) is 4.34. The van der Waals surface area contributed by atoms with Crippen molar-refractivity contribution in [2.45, 2.75) is 44.5 Å². The van der Waals surface area contributed by atoms with Crippen molar-refractivity contribution in [3.05, 3.63) is 18.2 Å². The Hall–Kier alpha value is -0.500. The first kappa shape index (κ1) is 10.0.